The van der Waals surface area contributed by atoms with Crippen molar-refractivity contribution in [1.29, 1.82) is 0 Å². The number of nitrogens with zero attached hydrogens (tertiary/aromatic N) is 6. The van der Waals surface area contributed by atoms with Crippen molar-refractivity contribution in [1.82, 2.24) is 40.0 Å². The van der Waals surface area contributed by atoms with Gasteiger partial charge in [0.25, 0.3) is 0 Å². The van der Waals surface area contributed by atoms with E-state index in [2.05, 4.69) is 46.5 Å². The monoisotopic (exact) mass is 508 g/mol. The zero-order valence-corrected chi connectivity index (χ0v) is 20.8. The van der Waals surface area contributed by atoms with Crippen LogP contribution in [0, 0.1) is 0 Å². The molecule has 6 aromatic heterocycles. The molecule has 0 amide bonds. The Labute approximate surface area is 216 Å². The predicted molar refractivity (Wildman–Crippen MR) is 144 cm³/mol. The van der Waals surface area contributed by atoms with Crippen LogP contribution in [0.5, 0.6) is 5.75 Å². The minimum atomic E-state index is 0.650. The van der Waals surface area contributed by atoms with E-state index in [0.29, 0.717) is 18.1 Å². The van der Waals surface area contributed by atoms with E-state index in [1.807, 2.05) is 24.3 Å². The van der Waals surface area contributed by atoms with Crippen LogP contribution in [0.25, 0.3) is 55.3 Å². The molecule has 0 aliphatic carbocycles. The summed E-state index contributed by atoms with van der Waals surface area (Å²) in [6, 6.07) is 10.2. The number of fused-ring (bicyclic) bond motifs is 2. The second kappa shape index (κ2) is 9.38. The molecule has 1 aliphatic rings. The lowest BCUT2D eigenvalue weighted by Crippen LogP contribution is -2.25. The molecule has 0 aromatic carbocycles. The standard InChI is InChI=1S/C27H24N8OS/c1-2-8-35(7-1)9-10-36-18-12-17(14-28-15-18)21-13-20-22(16-30-21)33-34-25(20)27-31-24-19(23-4-3-11-37-23)5-6-29-26(24)32-27/h3-6,11-16H,1-2,7-10H2,(H,33,34)(H,29,31,32). The molecular formula is C27H24N8OS. The SMILES string of the molecule is c1csc(-c2ccnc3nc(-c4n[nH]c5cnc(-c6cncc(OCCN7CCCC7)c6)cc45)[nH]c23)c1. The van der Waals surface area contributed by atoms with Gasteiger partial charge in [-0.2, -0.15) is 5.10 Å². The number of pyridine rings is 3. The maximum atomic E-state index is 6.00. The number of H-pyrrole nitrogens is 2. The Hall–Kier alpha value is -4.15. The molecule has 9 nitrogen and oxygen atoms in total. The van der Waals surface area contributed by atoms with Gasteiger partial charge in [0.1, 0.15) is 18.1 Å². The van der Waals surface area contributed by atoms with Crippen molar-refractivity contribution in [3.8, 4) is 39.0 Å². The van der Waals surface area contributed by atoms with E-state index in [1.54, 1.807) is 36.1 Å². The van der Waals surface area contributed by atoms with E-state index in [-0.39, 0.29) is 0 Å². The lowest BCUT2D eigenvalue weighted by molar-refractivity contribution is 0.237. The molecule has 10 heteroatoms. The number of hydrogen-bond donors (Lipinski definition) is 2. The molecule has 0 spiro atoms. The third-order valence-corrected chi connectivity index (χ3v) is 7.64. The zero-order chi connectivity index (χ0) is 24.6. The van der Waals surface area contributed by atoms with Crippen LogP contribution < -0.4 is 4.74 Å². The Morgan fingerprint density at radius 2 is 2.00 bits per heavy atom. The van der Waals surface area contributed by atoms with Gasteiger partial charge in [-0.25, -0.2) is 9.97 Å². The third-order valence-electron chi connectivity index (χ3n) is 6.73. The van der Waals surface area contributed by atoms with E-state index >= 15 is 0 Å². The number of aromatic nitrogens is 7. The first-order chi connectivity index (χ1) is 18.3. The summed E-state index contributed by atoms with van der Waals surface area (Å²) in [6.07, 6.45) is 9.70. The van der Waals surface area contributed by atoms with Crippen molar-refractivity contribution in [2.45, 2.75) is 12.8 Å². The molecule has 1 aliphatic heterocycles. The zero-order valence-electron chi connectivity index (χ0n) is 20.0. The van der Waals surface area contributed by atoms with Crippen LogP contribution in [0.1, 0.15) is 12.8 Å². The highest BCUT2D eigenvalue weighted by Gasteiger charge is 2.17. The van der Waals surface area contributed by atoms with Crippen molar-refractivity contribution in [3.63, 3.8) is 0 Å². The van der Waals surface area contributed by atoms with Crippen LogP contribution in [-0.4, -0.2) is 66.3 Å². The molecule has 0 radical (unpaired) electrons. The summed E-state index contributed by atoms with van der Waals surface area (Å²) < 4.78 is 6.00. The van der Waals surface area contributed by atoms with Gasteiger partial charge < -0.3 is 9.72 Å². The molecule has 7 heterocycles. The van der Waals surface area contributed by atoms with Crippen LogP contribution in [0.4, 0.5) is 0 Å². The van der Waals surface area contributed by atoms with Crippen molar-refractivity contribution in [2.75, 3.05) is 26.2 Å². The second-order valence-corrected chi connectivity index (χ2v) is 10.1. The summed E-state index contributed by atoms with van der Waals surface area (Å²) in [5, 5.41) is 10.6. The Morgan fingerprint density at radius 3 is 2.89 bits per heavy atom. The molecule has 6 aromatic rings. The minimum absolute atomic E-state index is 0.650. The quantitative estimate of drug-likeness (QED) is 0.307. The number of aromatic amines is 2. The molecule has 184 valence electrons. The van der Waals surface area contributed by atoms with Gasteiger partial charge in [-0.1, -0.05) is 6.07 Å². The normalized spacial score (nSPS) is 14.2. The van der Waals surface area contributed by atoms with Gasteiger partial charge in [-0.3, -0.25) is 20.0 Å². The van der Waals surface area contributed by atoms with Crippen LogP contribution >= 0.6 is 11.3 Å². The van der Waals surface area contributed by atoms with Crippen molar-refractivity contribution < 1.29 is 4.74 Å². The Morgan fingerprint density at radius 1 is 1.05 bits per heavy atom. The maximum absolute atomic E-state index is 6.00. The van der Waals surface area contributed by atoms with Gasteiger partial charge in [0.2, 0.25) is 0 Å². The summed E-state index contributed by atoms with van der Waals surface area (Å²) in [6.45, 7) is 3.91. The minimum Gasteiger partial charge on any atom is -0.491 e. The van der Waals surface area contributed by atoms with Gasteiger partial charge >= 0.3 is 0 Å². The third kappa shape index (κ3) is 4.24. The number of imidazole rings is 1. The van der Waals surface area contributed by atoms with Gasteiger partial charge in [-0.15, -0.1) is 11.3 Å². The molecule has 7 rings (SSSR count). The van der Waals surface area contributed by atoms with E-state index in [1.165, 1.54) is 12.8 Å². The first kappa shape index (κ1) is 22.1. The summed E-state index contributed by atoms with van der Waals surface area (Å²) in [4.78, 5) is 25.3. The fourth-order valence-electron chi connectivity index (χ4n) is 4.85. The topological polar surface area (TPSA) is 108 Å². The first-order valence-corrected chi connectivity index (χ1v) is 13.2. The molecule has 2 N–H and O–H groups in total. The summed E-state index contributed by atoms with van der Waals surface area (Å²) in [5.74, 6) is 1.41. The van der Waals surface area contributed by atoms with E-state index in [9.17, 15) is 0 Å². The van der Waals surface area contributed by atoms with Crippen molar-refractivity contribution in [2.24, 2.45) is 0 Å². The van der Waals surface area contributed by atoms with E-state index < -0.39 is 0 Å². The number of hydrogen-bond acceptors (Lipinski definition) is 8. The smallest absolute Gasteiger partial charge is 0.178 e. The highest BCUT2D eigenvalue weighted by atomic mass is 32.1. The van der Waals surface area contributed by atoms with Crippen molar-refractivity contribution >= 4 is 33.4 Å². The highest BCUT2D eigenvalue weighted by molar-refractivity contribution is 7.13. The molecule has 1 saturated heterocycles. The lowest BCUT2D eigenvalue weighted by Gasteiger charge is -2.15. The van der Waals surface area contributed by atoms with Crippen LogP contribution in [0.15, 0.2) is 60.5 Å². The first-order valence-electron chi connectivity index (χ1n) is 12.4. The fraction of sp³-hybridized carbons (Fsp3) is 0.222. The van der Waals surface area contributed by atoms with E-state index in [0.717, 1.165) is 69.2 Å². The largest absolute Gasteiger partial charge is 0.491 e. The number of nitrogens with one attached hydrogen (secondary N) is 2. The Balaban J connectivity index is 1.20. The van der Waals surface area contributed by atoms with Gasteiger partial charge in [-0.05, 0) is 55.6 Å². The Kier molecular flexibility index (Phi) is 5.60. The lowest BCUT2D eigenvalue weighted by atomic mass is 10.1. The number of thiophene rings is 1. The number of ether oxygens (including phenoxy) is 1. The second-order valence-electron chi connectivity index (χ2n) is 9.11. The molecular weight excluding hydrogens is 484 g/mol. The maximum Gasteiger partial charge on any atom is 0.178 e. The van der Waals surface area contributed by atoms with Gasteiger partial charge in [0.05, 0.1) is 29.1 Å². The molecule has 37 heavy (non-hydrogen) atoms. The number of likely N-dealkylation sites (tertiary alicyclic amines) is 1. The van der Waals surface area contributed by atoms with Crippen LogP contribution in [-0.2, 0) is 0 Å². The van der Waals surface area contributed by atoms with E-state index in [4.69, 9.17) is 9.72 Å². The average molecular weight is 509 g/mol. The summed E-state index contributed by atoms with van der Waals surface area (Å²) in [5.41, 5.74) is 5.87. The van der Waals surface area contributed by atoms with Crippen molar-refractivity contribution in [3.05, 3.63) is 60.5 Å². The highest BCUT2D eigenvalue weighted by Crippen LogP contribution is 2.33. The molecule has 0 atom stereocenters. The van der Waals surface area contributed by atoms with Crippen LogP contribution in [0.3, 0.4) is 0 Å². The average Bonchev–Trinajstić information content (AvgIpc) is 3.74. The molecule has 0 bridgehead atoms. The fourth-order valence-corrected chi connectivity index (χ4v) is 5.61. The van der Waals surface area contributed by atoms with Crippen LogP contribution in [0.2, 0.25) is 0 Å². The molecule has 0 saturated carbocycles. The van der Waals surface area contributed by atoms with Gasteiger partial charge in [0, 0.05) is 40.3 Å². The molecule has 0 unspecified atom stereocenters. The summed E-state index contributed by atoms with van der Waals surface area (Å²) >= 11 is 1.69. The molecule has 1 fully saturated rings. The summed E-state index contributed by atoms with van der Waals surface area (Å²) in [7, 11) is 0. The predicted octanol–water partition coefficient (Wildman–Crippen LogP) is 5.16. The van der Waals surface area contributed by atoms with Gasteiger partial charge in [0.15, 0.2) is 11.5 Å². The Bertz CT molecular complexity index is 1680. The number of rotatable bonds is 7.